The molecule has 0 fully saturated rings. The molecular weight excluding hydrogens is 392 g/mol. The molecule has 0 amide bonds. The standard InChI is InChI=1S/C17H8N2O6S2/c20-15-10-5-8(18(22)23)1-3-13(10)26-7-12(15)17-16(21)11-6-9(19(24)25)2-4-14(11)27-17/h1-6H,7H2/b17-12+. The third-order valence-corrected chi connectivity index (χ3v) is 6.49. The topological polar surface area (TPSA) is 120 Å². The van der Waals surface area contributed by atoms with Gasteiger partial charge in [-0.3, -0.25) is 29.8 Å². The summed E-state index contributed by atoms with van der Waals surface area (Å²) in [5, 5.41) is 21.9. The minimum atomic E-state index is -0.583. The summed E-state index contributed by atoms with van der Waals surface area (Å²) in [7, 11) is 0. The van der Waals surface area contributed by atoms with E-state index >= 15 is 0 Å². The zero-order valence-electron chi connectivity index (χ0n) is 13.3. The molecule has 2 aliphatic heterocycles. The van der Waals surface area contributed by atoms with E-state index in [9.17, 15) is 29.8 Å². The lowest BCUT2D eigenvalue weighted by Crippen LogP contribution is -2.16. The maximum atomic E-state index is 12.9. The van der Waals surface area contributed by atoms with Crippen LogP contribution in [0.3, 0.4) is 0 Å². The van der Waals surface area contributed by atoms with Gasteiger partial charge in [0.05, 0.1) is 14.8 Å². The van der Waals surface area contributed by atoms with Crippen molar-refractivity contribution in [1.82, 2.24) is 0 Å². The lowest BCUT2D eigenvalue weighted by Gasteiger charge is -2.17. The molecule has 0 atom stereocenters. The molecule has 2 heterocycles. The number of non-ortho nitro benzene ring substituents is 2. The van der Waals surface area contributed by atoms with Crippen molar-refractivity contribution in [3.63, 3.8) is 0 Å². The number of nitrogens with zero attached hydrogens (tertiary/aromatic N) is 2. The molecule has 0 N–H and O–H groups in total. The van der Waals surface area contributed by atoms with E-state index in [1.54, 1.807) is 0 Å². The van der Waals surface area contributed by atoms with E-state index in [-0.39, 0.29) is 38.7 Å². The number of nitro groups is 2. The van der Waals surface area contributed by atoms with Gasteiger partial charge >= 0.3 is 0 Å². The van der Waals surface area contributed by atoms with Gasteiger partial charge in [-0.05, 0) is 12.1 Å². The molecule has 0 saturated carbocycles. The van der Waals surface area contributed by atoms with Crippen LogP contribution in [-0.2, 0) is 0 Å². The van der Waals surface area contributed by atoms with E-state index < -0.39 is 21.4 Å². The number of rotatable bonds is 2. The molecule has 2 aliphatic rings. The van der Waals surface area contributed by atoms with Crippen molar-refractivity contribution >= 4 is 46.5 Å². The average Bonchev–Trinajstić information content (AvgIpc) is 2.98. The second-order valence-corrected chi connectivity index (χ2v) is 7.80. The minimum Gasteiger partial charge on any atom is -0.289 e. The van der Waals surface area contributed by atoms with Crippen molar-refractivity contribution < 1.29 is 19.4 Å². The predicted octanol–water partition coefficient (Wildman–Crippen LogP) is 4.03. The molecule has 134 valence electrons. The number of hydrogen-bond acceptors (Lipinski definition) is 8. The Morgan fingerprint density at radius 2 is 1.37 bits per heavy atom. The Morgan fingerprint density at radius 1 is 0.815 bits per heavy atom. The maximum absolute atomic E-state index is 12.9. The Labute approximate surface area is 159 Å². The molecule has 0 aliphatic carbocycles. The Morgan fingerprint density at radius 3 is 1.96 bits per heavy atom. The van der Waals surface area contributed by atoms with Crippen molar-refractivity contribution in [3.05, 3.63) is 78.2 Å². The van der Waals surface area contributed by atoms with Gasteiger partial charge in [-0.1, -0.05) is 11.8 Å². The van der Waals surface area contributed by atoms with Crippen LogP contribution in [0.4, 0.5) is 11.4 Å². The van der Waals surface area contributed by atoms with E-state index in [1.165, 1.54) is 48.2 Å². The molecule has 0 saturated heterocycles. The van der Waals surface area contributed by atoms with E-state index in [2.05, 4.69) is 0 Å². The summed E-state index contributed by atoms with van der Waals surface area (Å²) in [6.07, 6.45) is 0. The van der Waals surface area contributed by atoms with E-state index in [1.807, 2.05) is 0 Å². The highest BCUT2D eigenvalue weighted by atomic mass is 32.2. The number of hydrogen-bond donors (Lipinski definition) is 0. The fraction of sp³-hybridized carbons (Fsp3) is 0.0588. The lowest BCUT2D eigenvalue weighted by molar-refractivity contribution is -0.385. The van der Waals surface area contributed by atoms with Crippen molar-refractivity contribution in [3.8, 4) is 0 Å². The molecule has 0 spiro atoms. The number of carbonyl (C=O) groups excluding carboxylic acids is 2. The number of ketones is 2. The zero-order chi connectivity index (χ0) is 19.3. The van der Waals surface area contributed by atoms with Gasteiger partial charge in [-0.25, -0.2) is 0 Å². The van der Waals surface area contributed by atoms with Gasteiger partial charge in [0, 0.05) is 56.5 Å². The van der Waals surface area contributed by atoms with Gasteiger partial charge in [-0.15, -0.1) is 11.8 Å². The molecule has 0 aromatic heterocycles. The summed E-state index contributed by atoms with van der Waals surface area (Å²) in [5.41, 5.74) is 0.261. The van der Waals surface area contributed by atoms with Crippen LogP contribution in [0.2, 0.25) is 0 Å². The van der Waals surface area contributed by atoms with Crippen molar-refractivity contribution in [1.29, 1.82) is 0 Å². The molecule has 27 heavy (non-hydrogen) atoms. The lowest BCUT2D eigenvalue weighted by atomic mass is 10.00. The predicted molar refractivity (Wildman–Crippen MR) is 98.5 cm³/mol. The molecule has 2 aromatic carbocycles. The van der Waals surface area contributed by atoms with Gasteiger partial charge in [0.25, 0.3) is 11.4 Å². The monoisotopic (exact) mass is 400 g/mol. The van der Waals surface area contributed by atoms with Crippen LogP contribution in [0.25, 0.3) is 0 Å². The Hall–Kier alpha value is -2.98. The SMILES string of the molecule is O=C1/C(=C2/Sc3ccc([N+](=O)[O-])cc3C2=O)CSc2ccc([N+](=O)[O-])cc21. The van der Waals surface area contributed by atoms with Gasteiger partial charge in [0.2, 0.25) is 5.78 Å². The molecule has 0 radical (unpaired) electrons. The maximum Gasteiger partial charge on any atom is 0.270 e. The van der Waals surface area contributed by atoms with E-state index in [0.717, 1.165) is 11.8 Å². The van der Waals surface area contributed by atoms with Crippen LogP contribution in [0.5, 0.6) is 0 Å². The Bertz CT molecular complexity index is 1110. The van der Waals surface area contributed by atoms with Crippen molar-refractivity contribution in [2.45, 2.75) is 9.79 Å². The molecule has 8 nitrogen and oxygen atoms in total. The first-order chi connectivity index (χ1) is 12.9. The van der Waals surface area contributed by atoms with Crippen molar-refractivity contribution in [2.75, 3.05) is 5.75 Å². The van der Waals surface area contributed by atoms with Gasteiger partial charge in [0.15, 0.2) is 5.78 Å². The second-order valence-electron chi connectivity index (χ2n) is 5.73. The first kappa shape index (κ1) is 17.4. The van der Waals surface area contributed by atoms with Gasteiger partial charge < -0.3 is 0 Å². The van der Waals surface area contributed by atoms with Crippen LogP contribution in [-0.4, -0.2) is 27.2 Å². The third kappa shape index (κ3) is 2.82. The first-order valence-corrected chi connectivity index (χ1v) is 9.37. The quantitative estimate of drug-likeness (QED) is 0.421. The Balaban J connectivity index is 1.77. The van der Waals surface area contributed by atoms with Crippen LogP contribution in [0.15, 0.2) is 56.7 Å². The van der Waals surface area contributed by atoms with Crippen LogP contribution in [0.1, 0.15) is 20.7 Å². The number of benzene rings is 2. The smallest absolute Gasteiger partial charge is 0.270 e. The summed E-state index contributed by atoms with van der Waals surface area (Å²) < 4.78 is 0. The Kier molecular flexibility index (Phi) is 4.08. The number of thioether (sulfide) groups is 2. The highest BCUT2D eigenvalue weighted by Crippen LogP contribution is 2.46. The van der Waals surface area contributed by atoms with Gasteiger partial charge in [-0.2, -0.15) is 0 Å². The highest BCUT2D eigenvalue weighted by Gasteiger charge is 2.35. The third-order valence-electron chi connectivity index (χ3n) is 4.18. The molecule has 10 heteroatoms. The number of allylic oxidation sites excluding steroid dienone is 1. The number of carbonyl (C=O) groups is 2. The summed E-state index contributed by atoms with van der Waals surface area (Å²) in [6, 6.07) is 8.08. The number of Topliss-reactive ketones (excluding diaryl/α,β-unsaturated/α-hetero) is 2. The summed E-state index contributed by atoms with van der Waals surface area (Å²) in [6.45, 7) is 0. The van der Waals surface area contributed by atoms with Crippen LogP contribution in [0, 0.1) is 20.2 Å². The van der Waals surface area contributed by atoms with E-state index in [0.29, 0.717) is 9.79 Å². The fourth-order valence-electron chi connectivity index (χ4n) is 2.86. The highest BCUT2D eigenvalue weighted by molar-refractivity contribution is 8.05. The van der Waals surface area contributed by atoms with Gasteiger partial charge in [0.1, 0.15) is 0 Å². The molecule has 0 bridgehead atoms. The van der Waals surface area contributed by atoms with Crippen LogP contribution >= 0.6 is 23.5 Å². The zero-order valence-corrected chi connectivity index (χ0v) is 15.0. The molecule has 4 rings (SSSR count). The largest absolute Gasteiger partial charge is 0.289 e. The molecule has 0 unspecified atom stereocenters. The second kappa shape index (κ2) is 6.32. The number of nitro benzene ring substituents is 2. The summed E-state index contributed by atoms with van der Waals surface area (Å²) in [4.78, 5) is 47.8. The average molecular weight is 400 g/mol. The normalized spacial score (nSPS) is 18.2. The number of fused-ring (bicyclic) bond motifs is 2. The summed E-state index contributed by atoms with van der Waals surface area (Å²) >= 11 is 2.42. The van der Waals surface area contributed by atoms with Crippen molar-refractivity contribution in [2.24, 2.45) is 0 Å². The summed E-state index contributed by atoms with van der Waals surface area (Å²) in [5.74, 6) is -0.601. The molecule has 2 aromatic rings. The molecular formula is C17H8N2O6S2. The van der Waals surface area contributed by atoms with Crippen LogP contribution < -0.4 is 0 Å². The van der Waals surface area contributed by atoms with E-state index in [4.69, 9.17) is 0 Å². The first-order valence-electron chi connectivity index (χ1n) is 7.57. The minimum absolute atomic E-state index is 0.193. The fourth-order valence-corrected chi connectivity index (χ4v) is 5.10.